The number of aliphatic carboxylic acids is 1. The predicted molar refractivity (Wildman–Crippen MR) is 77.7 cm³/mol. The van der Waals surface area contributed by atoms with E-state index in [1.54, 1.807) is 13.0 Å². The molecule has 1 heterocycles. The molecule has 0 aliphatic heterocycles. The van der Waals surface area contributed by atoms with Crippen molar-refractivity contribution in [2.24, 2.45) is 0 Å². The monoisotopic (exact) mass is 308 g/mol. The van der Waals surface area contributed by atoms with Gasteiger partial charge in [-0.3, -0.25) is 24.3 Å². The van der Waals surface area contributed by atoms with Crippen molar-refractivity contribution in [1.82, 2.24) is 4.57 Å². The van der Waals surface area contributed by atoms with Crippen molar-refractivity contribution in [3.05, 3.63) is 48.9 Å². The van der Waals surface area contributed by atoms with E-state index in [1.165, 1.54) is 22.8 Å². The molecule has 0 amide bonds. The van der Waals surface area contributed by atoms with Gasteiger partial charge in [0.05, 0.1) is 17.0 Å². The third kappa shape index (κ3) is 3.16. The molecule has 2 rings (SSSR count). The molecule has 0 bridgehead atoms. The van der Waals surface area contributed by atoms with Gasteiger partial charge in [0.2, 0.25) is 0 Å². The third-order valence-electron chi connectivity index (χ3n) is 2.94. The average molecular weight is 308 g/mol. The fraction of sp³-hybridized carbons (Fsp3) is 0.231. The molecule has 0 saturated heterocycles. The minimum absolute atomic E-state index is 0.0382. The molecule has 0 atom stereocenters. The van der Waals surface area contributed by atoms with Gasteiger partial charge >= 0.3 is 10.8 Å². The molecule has 8 heteroatoms. The van der Waals surface area contributed by atoms with Crippen LogP contribution < -0.4 is 4.87 Å². The van der Waals surface area contributed by atoms with Crippen LogP contribution in [-0.2, 0) is 11.3 Å². The molecule has 0 aliphatic carbocycles. The Hall–Kier alpha value is -2.48. The van der Waals surface area contributed by atoms with Crippen LogP contribution in [0.2, 0.25) is 0 Å². The molecule has 0 saturated carbocycles. The molecular formula is C13H12N2O5S. The number of aromatic nitrogens is 1. The van der Waals surface area contributed by atoms with Crippen molar-refractivity contribution in [3.63, 3.8) is 0 Å². The van der Waals surface area contributed by atoms with E-state index < -0.39 is 10.9 Å². The number of carboxylic acids is 1. The highest BCUT2D eigenvalue weighted by atomic mass is 32.1. The number of carbonyl (C=O) groups is 1. The van der Waals surface area contributed by atoms with Gasteiger partial charge in [0, 0.05) is 29.1 Å². The summed E-state index contributed by atoms with van der Waals surface area (Å²) in [5, 5.41) is 19.6. The zero-order valence-corrected chi connectivity index (χ0v) is 11.9. The number of nitro benzene ring substituents is 1. The van der Waals surface area contributed by atoms with Gasteiger partial charge in [0.25, 0.3) is 5.69 Å². The molecule has 0 radical (unpaired) electrons. The van der Waals surface area contributed by atoms with Gasteiger partial charge in [-0.1, -0.05) is 23.5 Å². The van der Waals surface area contributed by atoms with E-state index in [9.17, 15) is 19.7 Å². The predicted octanol–water partition coefficient (Wildman–Crippen LogP) is 2.27. The first-order valence-electron chi connectivity index (χ1n) is 6.07. The van der Waals surface area contributed by atoms with Gasteiger partial charge in [0.1, 0.15) is 0 Å². The lowest BCUT2D eigenvalue weighted by Crippen LogP contribution is -2.16. The van der Waals surface area contributed by atoms with E-state index in [2.05, 4.69) is 0 Å². The van der Waals surface area contributed by atoms with E-state index in [-0.39, 0.29) is 23.5 Å². The first-order chi connectivity index (χ1) is 9.90. The summed E-state index contributed by atoms with van der Waals surface area (Å²) in [6, 6.07) is 5.95. The van der Waals surface area contributed by atoms with Gasteiger partial charge in [-0.15, -0.1) is 0 Å². The molecule has 1 aromatic heterocycles. The number of hydrogen-bond donors (Lipinski definition) is 1. The van der Waals surface area contributed by atoms with Crippen molar-refractivity contribution >= 4 is 23.0 Å². The SMILES string of the molecule is Cc1sc(=O)n(CCC(=O)O)c1-c1cccc([N+](=O)[O-])c1. The fourth-order valence-electron chi connectivity index (χ4n) is 2.05. The van der Waals surface area contributed by atoms with Gasteiger partial charge in [-0.2, -0.15) is 0 Å². The van der Waals surface area contributed by atoms with Crippen molar-refractivity contribution in [2.45, 2.75) is 19.9 Å². The minimum Gasteiger partial charge on any atom is -0.481 e. The largest absolute Gasteiger partial charge is 0.481 e. The van der Waals surface area contributed by atoms with Gasteiger partial charge in [-0.25, -0.2) is 0 Å². The van der Waals surface area contributed by atoms with Gasteiger partial charge in [-0.05, 0) is 6.92 Å². The Labute approximate surface area is 123 Å². The smallest absolute Gasteiger partial charge is 0.307 e. The Morgan fingerprint density at radius 1 is 1.48 bits per heavy atom. The van der Waals surface area contributed by atoms with E-state index in [1.807, 2.05) is 0 Å². The number of carboxylic acid groups (broad SMARTS) is 1. The molecular weight excluding hydrogens is 296 g/mol. The van der Waals surface area contributed by atoms with Crippen LogP contribution in [0.1, 0.15) is 11.3 Å². The maximum atomic E-state index is 11.9. The minimum atomic E-state index is -1.00. The summed E-state index contributed by atoms with van der Waals surface area (Å²) in [4.78, 5) is 33.4. The Balaban J connectivity index is 2.52. The topological polar surface area (TPSA) is 102 Å². The zero-order valence-electron chi connectivity index (χ0n) is 11.1. The lowest BCUT2D eigenvalue weighted by atomic mass is 10.1. The van der Waals surface area contributed by atoms with Crippen molar-refractivity contribution in [1.29, 1.82) is 0 Å². The lowest BCUT2D eigenvalue weighted by Gasteiger charge is -2.07. The number of aryl methyl sites for hydroxylation is 1. The third-order valence-corrected chi connectivity index (χ3v) is 3.84. The Morgan fingerprint density at radius 3 is 2.81 bits per heavy atom. The second-order valence-corrected chi connectivity index (χ2v) is 5.54. The highest BCUT2D eigenvalue weighted by Crippen LogP contribution is 2.28. The van der Waals surface area contributed by atoms with Crippen molar-refractivity contribution < 1.29 is 14.8 Å². The van der Waals surface area contributed by atoms with Crippen molar-refractivity contribution in [2.75, 3.05) is 0 Å². The average Bonchev–Trinajstić information content (AvgIpc) is 2.70. The molecule has 110 valence electrons. The number of non-ortho nitro benzene ring substituents is 1. The summed E-state index contributed by atoms with van der Waals surface area (Å²) in [7, 11) is 0. The Kier molecular flexibility index (Phi) is 4.18. The number of thiazole rings is 1. The van der Waals surface area contributed by atoms with Gasteiger partial charge < -0.3 is 5.11 Å². The number of nitro groups is 1. The summed E-state index contributed by atoms with van der Waals surface area (Å²) < 4.78 is 1.35. The van der Waals surface area contributed by atoms with E-state index >= 15 is 0 Å². The molecule has 7 nitrogen and oxygen atoms in total. The first kappa shape index (κ1) is 14.9. The summed E-state index contributed by atoms with van der Waals surface area (Å²) >= 11 is 1.00. The Bertz CT molecular complexity index is 762. The van der Waals surface area contributed by atoms with Crippen molar-refractivity contribution in [3.8, 4) is 11.3 Å². The molecule has 1 aromatic carbocycles. The number of rotatable bonds is 5. The van der Waals surface area contributed by atoms with Crippen LogP contribution in [0.5, 0.6) is 0 Å². The maximum absolute atomic E-state index is 11.9. The molecule has 0 fully saturated rings. The van der Waals surface area contributed by atoms with E-state index in [0.29, 0.717) is 16.1 Å². The van der Waals surface area contributed by atoms with E-state index in [0.717, 1.165) is 11.3 Å². The molecule has 2 aromatic rings. The molecule has 1 N–H and O–H groups in total. The van der Waals surface area contributed by atoms with Crippen LogP contribution in [-0.4, -0.2) is 20.6 Å². The standard InChI is InChI=1S/C13H12N2O5S/c1-8-12(9-3-2-4-10(7-9)15(19)20)14(13(18)21-8)6-5-11(16)17/h2-4,7H,5-6H2,1H3,(H,16,17). The highest BCUT2D eigenvalue weighted by Gasteiger charge is 2.16. The normalized spacial score (nSPS) is 10.5. The Morgan fingerprint density at radius 2 is 2.19 bits per heavy atom. The lowest BCUT2D eigenvalue weighted by molar-refractivity contribution is -0.384. The van der Waals surface area contributed by atoms with Crippen LogP contribution in [0.4, 0.5) is 5.69 Å². The second kappa shape index (κ2) is 5.88. The van der Waals surface area contributed by atoms with Crippen LogP contribution >= 0.6 is 11.3 Å². The highest BCUT2D eigenvalue weighted by molar-refractivity contribution is 7.09. The van der Waals surface area contributed by atoms with Crippen LogP contribution in [0.25, 0.3) is 11.3 Å². The molecule has 21 heavy (non-hydrogen) atoms. The molecule has 0 spiro atoms. The zero-order chi connectivity index (χ0) is 15.6. The van der Waals surface area contributed by atoms with Crippen LogP contribution in [0, 0.1) is 17.0 Å². The van der Waals surface area contributed by atoms with Crippen LogP contribution in [0.15, 0.2) is 29.1 Å². The first-order valence-corrected chi connectivity index (χ1v) is 6.88. The van der Waals surface area contributed by atoms with Gasteiger partial charge in [0.15, 0.2) is 0 Å². The quantitative estimate of drug-likeness (QED) is 0.674. The molecule has 0 unspecified atom stereocenters. The summed E-state index contributed by atoms with van der Waals surface area (Å²) in [6.07, 6.45) is -0.183. The van der Waals surface area contributed by atoms with E-state index in [4.69, 9.17) is 5.11 Å². The maximum Gasteiger partial charge on any atom is 0.307 e. The summed E-state index contributed by atoms with van der Waals surface area (Å²) in [5.74, 6) is -1.00. The second-order valence-electron chi connectivity index (χ2n) is 4.38. The number of hydrogen-bond acceptors (Lipinski definition) is 5. The molecule has 0 aliphatic rings. The van der Waals surface area contributed by atoms with Crippen LogP contribution in [0.3, 0.4) is 0 Å². The number of nitrogens with zero attached hydrogens (tertiary/aromatic N) is 2. The number of benzene rings is 1. The fourth-order valence-corrected chi connectivity index (χ4v) is 2.93. The summed E-state index contributed by atoms with van der Waals surface area (Å²) in [5.41, 5.74) is 0.996. The summed E-state index contributed by atoms with van der Waals surface area (Å²) in [6.45, 7) is 1.77.